The van der Waals surface area contributed by atoms with Gasteiger partial charge in [0.2, 0.25) is 0 Å². The molecule has 0 saturated heterocycles. The molecule has 0 aliphatic carbocycles. The quantitative estimate of drug-likeness (QED) is 0.620. The maximum atomic E-state index is 11.6. The van der Waals surface area contributed by atoms with E-state index in [1.165, 1.54) is 7.11 Å². The number of carbonyl (C=O) groups is 1. The third kappa shape index (κ3) is 3.55. The summed E-state index contributed by atoms with van der Waals surface area (Å²) in [6.45, 7) is 3.93. The van der Waals surface area contributed by atoms with Gasteiger partial charge in [-0.15, -0.1) is 0 Å². The molecule has 0 fully saturated rings. The van der Waals surface area contributed by atoms with Crippen LogP contribution in [-0.4, -0.2) is 25.8 Å². The molecule has 1 unspecified atom stereocenters. The van der Waals surface area contributed by atoms with Crippen molar-refractivity contribution in [3.63, 3.8) is 0 Å². The highest BCUT2D eigenvalue weighted by molar-refractivity contribution is 5.75. The van der Waals surface area contributed by atoms with Crippen molar-refractivity contribution in [3.8, 4) is 11.5 Å². The molecule has 5 nitrogen and oxygen atoms in total. The molecule has 0 heterocycles. The summed E-state index contributed by atoms with van der Waals surface area (Å²) in [7, 11) is 1.53. The topological polar surface area (TPSA) is 70.8 Å². The van der Waals surface area contributed by atoms with Crippen molar-refractivity contribution in [2.75, 3.05) is 19.5 Å². The summed E-state index contributed by atoms with van der Waals surface area (Å²) in [5.74, 6) is 0.592. The van der Waals surface area contributed by atoms with Gasteiger partial charge in [-0.3, -0.25) is 0 Å². The van der Waals surface area contributed by atoms with E-state index in [4.69, 9.17) is 19.9 Å². The fourth-order valence-corrected chi connectivity index (χ4v) is 1.47. The lowest BCUT2D eigenvalue weighted by molar-refractivity contribution is -0.151. The number of ether oxygens (including phenoxy) is 3. The van der Waals surface area contributed by atoms with E-state index in [9.17, 15) is 4.79 Å². The van der Waals surface area contributed by atoms with Gasteiger partial charge in [0.15, 0.2) is 17.6 Å². The first-order valence-corrected chi connectivity index (χ1v) is 5.89. The molecule has 1 aromatic carbocycles. The molecule has 0 bridgehead atoms. The van der Waals surface area contributed by atoms with E-state index in [1.54, 1.807) is 25.1 Å². The number of nitrogens with two attached hydrogens (primary N) is 1. The van der Waals surface area contributed by atoms with Gasteiger partial charge < -0.3 is 19.9 Å². The molecule has 5 heteroatoms. The molecule has 0 spiro atoms. The van der Waals surface area contributed by atoms with Crippen LogP contribution in [0.15, 0.2) is 18.2 Å². The third-order valence-corrected chi connectivity index (χ3v) is 2.38. The second kappa shape index (κ2) is 6.74. The van der Waals surface area contributed by atoms with Crippen molar-refractivity contribution in [1.82, 2.24) is 0 Å². The fraction of sp³-hybridized carbons (Fsp3) is 0.462. The molecule has 0 saturated carbocycles. The van der Waals surface area contributed by atoms with E-state index < -0.39 is 6.10 Å². The standard InChI is InChI=1S/C13H19NO4/c1-4-10(13(15)17-5-2)18-12-8-9(14)6-7-11(12)16-3/h6-8,10H,4-5,14H2,1-3H3. The Morgan fingerprint density at radius 2 is 2.06 bits per heavy atom. The zero-order valence-corrected chi connectivity index (χ0v) is 10.9. The molecule has 0 aliphatic heterocycles. The first kappa shape index (κ1) is 14.2. The second-order valence-electron chi connectivity index (χ2n) is 3.68. The van der Waals surface area contributed by atoms with E-state index in [0.29, 0.717) is 30.2 Å². The molecule has 1 aromatic rings. The second-order valence-corrected chi connectivity index (χ2v) is 3.68. The van der Waals surface area contributed by atoms with E-state index in [1.807, 2.05) is 6.92 Å². The van der Waals surface area contributed by atoms with Crippen LogP contribution in [0.2, 0.25) is 0 Å². The molecule has 2 N–H and O–H groups in total. The van der Waals surface area contributed by atoms with Crippen LogP contribution in [0.3, 0.4) is 0 Å². The number of hydrogen-bond donors (Lipinski definition) is 1. The Bertz CT molecular complexity index is 406. The summed E-state index contributed by atoms with van der Waals surface area (Å²) in [5.41, 5.74) is 6.23. The Hall–Kier alpha value is -1.91. The first-order valence-electron chi connectivity index (χ1n) is 5.89. The van der Waals surface area contributed by atoms with Gasteiger partial charge in [0.25, 0.3) is 0 Å². The van der Waals surface area contributed by atoms with Crippen LogP contribution in [0.25, 0.3) is 0 Å². The minimum Gasteiger partial charge on any atom is -0.493 e. The minimum atomic E-state index is -0.652. The zero-order chi connectivity index (χ0) is 13.5. The number of esters is 1. The normalized spacial score (nSPS) is 11.7. The Kier molecular flexibility index (Phi) is 5.30. The van der Waals surface area contributed by atoms with Crippen LogP contribution in [0, 0.1) is 0 Å². The van der Waals surface area contributed by atoms with Gasteiger partial charge in [-0.2, -0.15) is 0 Å². The number of hydrogen-bond acceptors (Lipinski definition) is 5. The number of carbonyl (C=O) groups excluding carboxylic acids is 1. The Morgan fingerprint density at radius 1 is 1.33 bits per heavy atom. The summed E-state index contributed by atoms with van der Waals surface area (Å²) in [4.78, 5) is 11.6. The number of methoxy groups -OCH3 is 1. The van der Waals surface area contributed by atoms with E-state index in [-0.39, 0.29) is 5.97 Å². The molecule has 1 rings (SSSR count). The minimum absolute atomic E-state index is 0.326. The number of rotatable bonds is 6. The lowest BCUT2D eigenvalue weighted by Crippen LogP contribution is -2.28. The Morgan fingerprint density at radius 3 is 2.61 bits per heavy atom. The Labute approximate surface area is 107 Å². The summed E-state index contributed by atoms with van der Waals surface area (Å²) >= 11 is 0. The predicted molar refractivity (Wildman–Crippen MR) is 68.7 cm³/mol. The van der Waals surface area contributed by atoms with Gasteiger partial charge in [0.05, 0.1) is 13.7 Å². The van der Waals surface area contributed by atoms with Gasteiger partial charge in [-0.1, -0.05) is 6.92 Å². The van der Waals surface area contributed by atoms with E-state index >= 15 is 0 Å². The van der Waals surface area contributed by atoms with Crippen molar-refractivity contribution in [2.45, 2.75) is 26.4 Å². The molecule has 0 amide bonds. The monoisotopic (exact) mass is 253 g/mol. The predicted octanol–water partition coefficient (Wildman–Crippen LogP) is 2.00. The fourth-order valence-electron chi connectivity index (χ4n) is 1.47. The van der Waals surface area contributed by atoms with Crippen LogP contribution < -0.4 is 15.2 Å². The van der Waals surface area contributed by atoms with Gasteiger partial charge >= 0.3 is 5.97 Å². The van der Waals surface area contributed by atoms with Crippen molar-refractivity contribution < 1.29 is 19.0 Å². The maximum Gasteiger partial charge on any atom is 0.347 e. The lowest BCUT2D eigenvalue weighted by atomic mass is 10.2. The molecule has 18 heavy (non-hydrogen) atoms. The van der Waals surface area contributed by atoms with Gasteiger partial charge in [-0.05, 0) is 25.5 Å². The van der Waals surface area contributed by atoms with Crippen molar-refractivity contribution in [2.24, 2.45) is 0 Å². The molecule has 1 atom stereocenters. The number of nitrogen functional groups attached to an aromatic ring is 1. The SMILES string of the molecule is CCOC(=O)C(CC)Oc1cc(N)ccc1OC. The number of benzene rings is 1. The average Bonchev–Trinajstić information content (AvgIpc) is 2.36. The molecular weight excluding hydrogens is 234 g/mol. The van der Waals surface area contributed by atoms with Crippen molar-refractivity contribution in [3.05, 3.63) is 18.2 Å². The highest BCUT2D eigenvalue weighted by atomic mass is 16.6. The van der Waals surface area contributed by atoms with Crippen LogP contribution in [-0.2, 0) is 9.53 Å². The summed E-state index contributed by atoms with van der Waals surface area (Å²) in [6, 6.07) is 5.03. The van der Waals surface area contributed by atoms with Crippen molar-refractivity contribution in [1.29, 1.82) is 0 Å². The smallest absolute Gasteiger partial charge is 0.347 e. The summed E-state index contributed by atoms with van der Waals surface area (Å²) in [5, 5.41) is 0. The number of anilines is 1. The third-order valence-electron chi connectivity index (χ3n) is 2.38. The summed E-state index contributed by atoms with van der Waals surface area (Å²) < 4.78 is 15.7. The lowest BCUT2D eigenvalue weighted by Gasteiger charge is -2.18. The largest absolute Gasteiger partial charge is 0.493 e. The zero-order valence-electron chi connectivity index (χ0n) is 10.9. The van der Waals surface area contributed by atoms with E-state index in [0.717, 1.165) is 0 Å². The maximum absolute atomic E-state index is 11.6. The highest BCUT2D eigenvalue weighted by Crippen LogP contribution is 2.30. The van der Waals surface area contributed by atoms with Crippen LogP contribution in [0.4, 0.5) is 5.69 Å². The van der Waals surface area contributed by atoms with Crippen LogP contribution in [0.1, 0.15) is 20.3 Å². The molecule has 0 aromatic heterocycles. The average molecular weight is 253 g/mol. The van der Waals surface area contributed by atoms with Gasteiger partial charge in [-0.25, -0.2) is 4.79 Å². The van der Waals surface area contributed by atoms with Crippen LogP contribution >= 0.6 is 0 Å². The molecule has 100 valence electrons. The Balaban J connectivity index is 2.86. The van der Waals surface area contributed by atoms with Crippen molar-refractivity contribution >= 4 is 11.7 Å². The summed E-state index contributed by atoms with van der Waals surface area (Å²) in [6.07, 6.45) is -0.141. The molecule has 0 aliphatic rings. The van der Waals surface area contributed by atoms with Crippen LogP contribution in [0.5, 0.6) is 11.5 Å². The van der Waals surface area contributed by atoms with E-state index in [2.05, 4.69) is 0 Å². The highest BCUT2D eigenvalue weighted by Gasteiger charge is 2.21. The molecular formula is C13H19NO4. The van der Waals surface area contributed by atoms with Gasteiger partial charge in [0.1, 0.15) is 0 Å². The van der Waals surface area contributed by atoms with Gasteiger partial charge in [0, 0.05) is 11.8 Å². The molecule has 0 radical (unpaired) electrons. The first-order chi connectivity index (χ1) is 8.62.